The van der Waals surface area contributed by atoms with Crippen LogP contribution in [-0.2, 0) is 6.42 Å². The minimum Gasteiger partial charge on any atom is -0.144 e. The Morgan fingerprint density at radius 2 is 2.08 bits per heavy atom. The van der Waals surface area contributed by atoms with Gasteiger partial charge in [-0.25, -0.2) is 0 Å². The fraction of sp³-hybridized carbons (Fsp3) is 0.273. The Morgan fingerprint density at radius 3 is 2.83 bits per heavy atom. The van der Waals surface area contributed by atoms with Crippen molar-refractivity contribution in [1.29, 1.82) is 0 Å². The molecule has 0 saturated carbocycles. The van der Waals surface area contributed by atoms with E-state index < -0.39 is 0 Å². The molecule has 2 rings (SSSR count). The summed E-state index contributed by atoms with van der Waals surface area (Å²) in [4.78, 5) is 0. The fourth-order valence-electron chi connectivity index (χ4n) is 1.60. The lowest BCUT2D eigenvalue weighted by Crippen LogP contribution is -1.84. The summed E-state index contributed by atoms with van der Waals surface area (Å²) >= 11 is 1.84. The molecule has 0 aliphatic heterocycles. The molecule has 1 heteroatoms. The first-order valence-electron chi connectivity index (χ1n) is 4.28. The van der Waals surface area contributed by atoms with Crippen molar-refractivity contribution in [1.82, 2.24) is 0 Å². The summed E-state index contributed by atoms with van der Waals surface area (Å²) in [6, 6.07) is 6.65. The van der Waals surface area contributed by atoms with Gasteiger partial charge in [0, 0.05) is 4.70 Å². The van der Waals surface area contributed by atoms with Crippen LogP contribution in [0.3, 0.4) is 0 Å². The van der Waals surface area contributed by atoms with Crippen LogP contribution < -0.4 is 0 Å². The van der Waals surface area contributed by atoms with Gasteiger partial charge in [0.2, 0.25) is 0 Å². The van der Waals surface area contributed by atoms with Gasteiger partial charge in [-0.2, -0.15) is 0 Å². The largest absolute Gasteiger partial charge is 0.144 e. The Hall–Kier alpha value is -0.820. The molecule has 0 radical (unpaired) electrons. The van der Waals surface area contributed by atoms with Crippen molar-refractivity contribution in [2.45, 2.75) is 20.3 Å². The molecular formula is C11H12S. The zero-order valence-electron chi connectivity index (χ0n) is 7.42. The summed E-state index contributed by atoms with van der Waals surface area (Å²) in [5, 5.41) is 3.55. The van der Waals surface area contributed by atoms with Crippen molar-refractivity contribution in [3.63, 3.8) is 0 Å². The third-order valence-electron chi connectivity index (χ3n) is 2.36. The fourth-order valence-corrected chi connectivity index (χ4v) is 2.53. The average Bonchev–Trinajstić information content (AvgIpc) is 2.53. The molecule has 0 saturated heterocycles. The second-order valence-electron chi connectivity index (χ2n) is 3.04. The Labute approximate surface area is 76.8 Å². The highest BCUT2D eigenvalue weighted by Gasteiger charge is 2.01. The molecule has 1 aromatic heterocycles. The first kappa shape index (κ1) is 7.81. The van der Waals surface area contributed by atoms with E-state index in [1.165, 1.54) is 21.2 Å². The second kappa shape index (κ2) is 2.91. The highest BCUT2D eigenvalue weighted by atomic mass is 32.1. The number of rotatable bonds is 1. The average molecular weight is 176 g/mol. The molecule has 62 valence electrons. The van der Waals surface area contributed by atoms with Gasteiger partial charge in [-0.1, -0.05) is 19.1 Å². The zero-order valence-corrected chi connectivity index (χ0v) is 8.24. The first-order valence-corrected chi connectivity index (χ1v) is 5.16. The molecule has 0 amide bonds. The Balaban J connectivity index is 2.78. The molecule has 0 atom stereocenters. The molecule has 12 heavy (non-hydrogen) atoms. The molecular weight excluding hydrogens is 164 g/mol. The molecule has 0 N–H and O–H groups in total. The minimum atomic E-state index is 1.14. The SMILES string of the molecule is CCc1ccc2ccsc2c1C. The number of thiophene rings is 1. The van der Waals surface area contributed by atoms with E-state index in [9.17, 15) is 0 Å². The number of hydrogen-bond acceptors (Lipinski definition) is 1. The lowest BCUT2D eigenvalue weighted by Gasteiger charge is -2.02. The van der Waals surface area contributed by atoms with Gasteiger partial charge >= 0.3 is 0 Å². The number of fused-ring (bicyclic) bond motifs is 1. The van der Waals surface area contributed by atoms with Gasteiger partial charge in [0.25, 0.3) is 0 Å². The van der Waals surface area contributed by atoms with Gasteiger partial charge in [0.15, 0.2) is 0 Å². The van der Waals surface area contributed by atoms with Crippen LogP contribution in [0.5, 0.6) is 0 Å². The van der Waals surface area contributed by atoms with E-state index >= 15 is 0 Å². The molecule has 2 aromatic rings. The maximum Gasteiger partial charge on any atom is 0.0374 e. The summed E-state index contributed by atoms with van der Waals surface area (Å²) in [6.45, 7) is 4.43. The molecule has 0 spiro atoms. The van der Waals surface area contributed by atoms with Gasteiger partial charge in [-0.3, -0.25) is 0 Å². The summed E-state index contributed by atoms with van der Waals surface area (Å²) in [7, 11) is 0. The predicted molar refractivity (Wildman–Crippen MR) is 55.9 cm³/mol. The number of benzene rings is 1. The van der Waals surface area contributed by atoms with Crippen molar-refractivity contribution in [3.05, 3.63) is 34.7 Å². The quantitative estimate of drug-likeness (QED) is 0.620. The normalized spacial score (nSPS) is 10.8. The van der Waals surface area contributed by atoms with E-state index in [4.69, 9.17) is 0 Å². The standard InChI is InChI=1S/C11H12S/c1-3-9-4-5-10-6-7-12-11(10)8(9)2/h4-7H,3H2,1-2H3. The lowest BCUT2D eigenvalue weighted by molar-refractivity contribution is 1.12. The van der Waals surface area contributed by atoms with Crippen LogP contribution in [0.1, 0.15) is 18.1 Å². The topological polar surface area (TPSA) is 0 Å². The number of aryl methyl sites for hydroxylation is 2. The predicted octanol–water partition coefficient (Wildman–Crippen LogP) is 3.77. The van der Waals surface area contributed by atoms with Crippen LogP contribution in [0.2, 0.25) is 0 Å². The molecule has 0 fully saturated rings. The lowest BCUT2D eigenvalue weighted by atomic mass is 10.1. The highest BCUT2D eigenvalue weighted by Crippen LogP contribution is 2.26. The van der Waals surface area contributed by atoms with Crippen LogP contribution in [0, 0.1) is 6.92 Å². The molecule has 0 bridgehead atoms. The third kappa shape index (κ3) is 1.05. The highest BCUT2D eigenvalue weighted by molar-refractivity contribution is 7.17. The first-order chi connectivity index (χ1) is 5.83. The Kier molecular flexibility index (Phi) is 1.89. The number of hydrogen-bond donors (Lipinski definition) is 0. The van der Waals surface area contributed by atoms with Crippen LogP contribution in [0.4, 0.5) is 0 Å². The van der Waals surface area contributed by atoms with E-state index in [1.54, 1.807) is 0 Å². The minimum absolute atomic E-state index is 1.14. The van der Waals surface area contributed by atoms with Gasteiger partial charge < -0.3 is 0 Å². The van der Waals surface area contributed by atoms with E-state index in [-0.39, 0.29) is 0 Å². The van der Waals surface area contributed by atoms with Gasteiger partial charge in [-0.15, -0.1) is 11.3 Å². The smallest absolute Gasteiger partial charge is 0.0374 e. The summed E-state index contributed by atoms with van der Waals surface area (Å²) < 4.78 is 1.45. The van der Waals surface area contributed by atoms with E-state index in [0.717, 1.165) is 6.42 Å². The molecule has 1 aromatic carbocycles. The van der Waals surface area contributed by atoms with Crippen LogP contribution in [-0.4, -0.2) is 0 Å². The second-order valence-corrected chi connectivity index (χ2v) is 3.96. The van der Waals surface area contributed by atoms with Crippen LogP contribution in [0.25, 0.3) is 10.1 Å². The molecule has 0 aliphatic rings. The van der Waals surface area contributed by atoms with Crippen molar-refractivity contribution < 1.29 is 0 Å². The van der Waals surface area contributed by atoms with Gasteiger partial charge in [0.05, 0.1) is 0 Å². The Bertz CT molecular complexity index is 398. The maximum atomic E-state index is 2.24. The van der Waals surface area contributed by atoms with Gasteiger partial charge in [-0.05, 0) is 41.3 Å². The van der Waals surface area contributed by atoms with Gasteiger partial charge in [0.1, 0.15) is 0 Å². The van der Waals surface area contributed by atoms with Crippen molar-refractivity contribution in [2.75, 3.05) is 0 Å². The third-order valence-corrected chi connectivity index (χ3v) is 3.41. The Morgan fingerprint density at radius 1 is 1.25 bits per heavy atom. The summed E-state index contributed by atoms with van der Waals surface area (Å²) in [5.74, 6) is 0. The maximum absolute atomic E-state index is 2.24. The summed E-state index contributed by atoms with van der Waals surface area (Å²) in [5.41, 5.74) is 2.94. The molecule has 0 unspecified atom stereocenters. The molecule has 0 nitrogen and oxygen atoms in total. The van der Waals surface area contributed by atoms with Crippen molar-refractivity contribution >= 4 is 21.4 Å². The zero-order chi connectivity index (χ0) is 8.55. The van der Waals surface area contributed by atoms with Crippen molar-refractivity contribution in [3.8, 4) is 0 Å². The summed E-state index contributed by atoms with van der Waals surface area (Å²) in [6.07, 6.45) is 1.14. The van der Waals surface area contributed by atoms with Crippen LogP contribution in [0.15, 0.2) is 23.6 Å². The van der Waals surface area contributed by atoms with Crippen LogP contribution >= 0.6 is 11.3 Å². The molecule has 1 heterocycles. The van der Waals surface area contributed by atoms with E-state index in [0.29, 0.717) is 0 Å². The van der Waals surface area contributed by atoms with Crippen molar-refractivity contribution in [2.24, 2.45) is 0 Å². The van der Waals surface area contributed by atoms with E-state index in [1.807, 2.05) is 11.3 Å². The molecule has 0 aliphatic carbocycles. The van der Waals surface area contributed by atoms with E-state index in [2.05, 4.69) is 37.4 Å². The monoisotopic (exact) mass is 176 g/mol.